The van der Waals surface area contributed by atoms with Crippen molar-refractivity contribution < 1.29 is 9.18 Å². The minimum Gasteiger partial charge on any atom is -0.296 e. The van der Waals surface area contributed by atoms with Crippen LogP contribution in [-0.4, -0.2) is 16.3 Å². The molecule has 3 nitrogen and oxygen atoms in total. The van der Waals surface area contributed by atoms with Gasteiger partial charge in [-0.3, -0.25) is 4.79 Å². The fourth-order valence-electron chi connectivity index (χ4n) is 1.18. The maximum Gasteiger partial charge on any atom is 0.223 e. The lowest BCUT2D eigenvalue weighted by molar-refractivity contribution is 0.112. The summed E-state index contributed by atoms with van der Waals surface area (Å²) in [6.45, 7) is 0. The van der Waals surface area contributed by atoms with E-state index in [4.69, 9.17) is 11.6 Å². The number of fused-ring (bicyclic) bond motifs is 1. The van der Waals surface area contributed by atoms with Gasteiger partial charge in [-0.25, -0.2) is 14.4 Å². The molecule has 1 aromatic heterocycles. The first-order valence-corrected chi connectivity index (χ1v) is 4.16. The molecule has 14 heavy (non-hydrogen) atoms. The van der Waals surface area contributed by atoms with Gasteiger partial charge in [0.1, 0.15) is 11.5 Å². The van der Waals surface area contributed by atoms with Gasteiger partial charge in [-0.1, -0.05) is 0 Å². The van der Waals surface area contributed by atoms with Gasteiger partial charge in [0.05, 0.1) is 5.52 Å². The molecular weight excluding hydrogens is 207 g/mol. The maximum atomic E-state index is 12.8. The molecule has 0 bridgehead atoms. The van der Waals surface area contributed by atoms with Crippen molar-refractivity contribution >= 4 is 28.8 Å². The van der Waals surface area contributed by atoms with E-state index in [9.17, 15) is 9.18 Å². The molecule has 0 saturated heterocycles. The summed E-state index contributed by atoms with van der Waals surface area (Å²) in [7, 11) is 0. The van der Waals surface area contributed by atoms with Gasteiger partial charge in [0.15, 0.2) is 6.29 Å². The van der Waals surface area contributed by atoms with E-state index in [0.717, 1.165) is 0 Å². The van der Waals surface area contributed by atoms with Gasteiger partial charge in [-0.15, -0.1) is 0 Å². The van der Waals surface area contributed by atoms with E-state index in [-0.39, 0.29) is 11.0 Å². The van der Waals surface area contributed by atoms with Crippen molar-refractivity contribution in [3.63, 3.8) is 0 Å². The van der Waals surface area contributed by atoms with E-state index in [1.54, 1.807) is 0 Å². The molecule has 1 aromatic carbocycles. The van der Waals surface area contributed by atoms with Crippen LogP contribution in [-0.2, 0) is 0 Å². The topological polar surface area (TPSA) is 42.9 Å². The third-order valence-electron chi connectivity index (χ3n) is 1.77. The highest BCUT2D eigenvalue weighted by atomic mass is 35.5. The number of carbonyl (C=O) groups excluding carboxylic acids is 1. The molecule has 0 N–H and O–H groups in total. The van der Waals surface area contributed by atoms with Crippen molar-refractivity contribution in [1.29, 1.82) is 0 Å². The van der Waals surface area contributed by atoms with Crippen LogP contribution < -0.4 is 0 Å². The SMILES string of the molecule is O=Cc1nc(Cl)nc2ccc(F)cc12. The molecule has 2 rings (SSSR count). The monoisotopic (exact) mass is 210 g/mol. The molecule has 0 aliphatic heterocycles. The first kappa shape index (κ1) is 9.02. The standard InChI is InChI=1S/C9H4ClFN2O/c10-9-12-7-2-1-5(11)3-6(7)8(4-14)13-9/h1-4H. The van der Waals surface area contributed by atoms with E-state index >= 15 is 0 Å². The zero-order chi connectivity index (χ0) is 10.1. The Morgan fingerprint density at radius 2 is 2.14 bits per heavy atom. The van der Waals surface area contributed by atoms with Gasteiger partial charge in [-0.05, 0) is 29.8 Å². The average Bonchev–Trinajstić information content (AvgIpc) is 2.17. The second kappa shape index (κ2) is 3.31. The van der Waals surface area contributed by atoms with E-state index in [0.29, 0.717) is 17.2 Å². The zero-order valence-corrected chi connectivity index (χ0v) is 7.62. The Balaban J connectivity index is 2.88. The van der Waals surface area contributed by atoms with Crippen LogP contribution in [0.3, 0.4) is 0 Å². The predicted molar refractivity (Wildman–Crippen MR) is 49.9 cm³/mol. The van der Waals surface area contributed by atoms with Crippen LogP contribution in [0.1, 0.15) is 10.5 Å². The summed E-state index contributed by atoms with van der Waals surface area (Å²) in [6, 6.07) is 3.90. The zero-order valence-electron chi connectivity index (χ0n) is 6.87. The maximum absolute atomic E-state index is 12.8. The molecule has 0 unspecified atom stereocenters. The van der Waals surface area contributed by atoms with E-state index in [1.807, 2.05) is 0 Å². The third-order valence-corrected chi connectivity index (χ3v) is 1.94. The Morgan fingerprint density at radius 3 is 2.86 bits per heavy atom. The first-order valence-electron chi connectivity index (χ1n) is 3.78. The number of benzene rings is 1. The number of rotatable bonds is 1. The van der Waals surface area contributed by atoms with Crippen LogP contribution in [0.15, 0.2) is 18.2 Å². The van der Waals surface area contributed by atoms with Crippen LogP contribution in [0, 0.1) is 5.82 Å². The average molecular weight is 211 g/mol. The summed E-state index contributed by atoms with van der Waals surface area (Å²) in [4.78, 5) is 18.1. The van der Waals surface area contributed by atoms with Crippen molar-refractivity contribution in [3.8, 4) is 0 Å². The van der Waals surface area contributed by atoms with Crippen LogP contribution in [0.4, 0.5) is 4.39 Å². The third kappa shape index (κ3) is 1.44. The molecule has 0 saturated carbocycles. The van der Waals surface area contributed by atoms with Gasteiger partial charge in [0.25, 0.3) is 0 Å². The van der Waals surface area contributed by atoms with Gasteiger partial charge >= 0.3 is 0 Å². The molecule has 1 heterocycles. The number of aldehydes is 1. The fraction of sp³-hybridized carbons (Fsp3) is 0. The molecule has 0 spiro atoms. The lowest BCUT2D eigenvalue weighted by Crippen LogP contribution is -1.94. The largest absolute Gasteiger partial charge is 0.296 e. The van der Waals surface area contributed by atoms with Crippen molar-refractivity contribution in [1.82, 2.24) is 9.97 Å². The summed E-state index contributed by atoms with van der Waals surface area (Å²) in [5.41, 5.74) is 0.549. The summed E-state index contributed by atoms with van der Waals surface area (Å²) in [5, 5.41) is 0.343. The van der Waals surface area contributed by atoms with Crippen LogP contribution in [0.5, 0.6) is 0 Å². The number of hydrogen-bond donors (Lipinski definition) is 0. The fourth-order valence-corrected chi connectivity index (χ4v) is 1.37. The van der Waals surface area contributed by atoms with Crippen molar-refractivity contribution in [2.75, 3.05) is 0 Å². The van der Waals surface area contributed by atoms with E-state index in [2.05, 4.69) is 9.97 Å². The molecule has 0 aliphatic carbocycles. The molecular formula is C9H4ClFN2O. The first-order chi connectivity index (χ1) is 6.70. The molecule has 0 amide bonds. The second-order valence-electron chi connectivity index (χ2n) is 2.66. The van der Waals surface area contributed by atoms with E-state index in [1.165, 1.54) is 18.2 Å². The molecule has 0 fully saturated rings. The highest BCUT2D eigenvalue weighted by Gasteiger charge is 2.06. The Morgan fingerprint density at radius 1 is 1.36 bits per heavy atom. The lowest BCUT2D eigenvalue weighted by Gasteiger charge is -1.99. The minimum absolute atomic E-state index is 0.0220. The summed E-state index contributed by atoms with van der Waals surface area (Å²) in [5.74, 6) is -0.438. The van der Waals surface area contributed by atoms with Crippen molar-refractivity contribution in [2.24, 2.45) is 0 Å². The second-order valence-corrected chi connectivity index (χ2v) is 3.00. The summed E-state index contributed by atoms with van der Waals surface area (Å²) < 4.78 is 12.8. The molecule has 5 heteroatoms. The lowest BCUT2D eigenvalue weighted by atomic mass is 10.2. The van der Waals surface area contributed by atoms with Crippen molar-refractivity contribution in [3.05, 3.63) is 35.0 Å². The number of carbonyl (C=O) groups is 1. The molecule has 0 aliphatic rings. The van der Waals surface area contributed by atoms with E-state index < -0.39 is 5.82 Å². The number of aromatic nitrogens is 2. The smallest absolute Gasteiger partial charge is 0.223 e. The van der Waals surface area contributed by atoms with Gasteiger partial charge in [-0.2, -0.15) is 0 Å². The quantitative estimate of drug-likeness (QED) is 0.536. The summed E-state index contributed by atoms with van der Waals surface area (Å²) in [6.07, 6.45) is 0.523. The Kier molecular flexibility index (Phi) is 2.13. The Hall–Kier alpha value is -1.55. The molecule has 0 radical (unpaired) electrons. The Labute approximate surface area is 83.5 Å². The Bertz CT molecular complexity index is 515. The number of hydrogen-bond acceptors (Lipinski definition) is 3. The van der Waals surface area contributed by atoms with Crippen LogP contribution in [0.2, 0.25) is 5.28 Å². The summed E-state index contributed by atoms with van der Waals surface area (Å²) >= 11 is 5.57. The highest BCUT2D eigenvalue weighted by Crippen LogP contribution is 2.17. The van der Waals surface area contributed by atoms with Gasteiger partial charge in [0.2, 0.25) is 5.28 Å². The normalized spacial score (nSPS) is 10.4. The number of halogens is 2. The molecule has 70 valence electrons. The van der Waals surface area contributed by atoms with Gasteiger partial charge < -0.3 is 0 Å². The van der Waals surface area contributed by atoms with Crippen LogP contribution >= 0.6 is 11.6 Å². The predicted octanol–water partition coefficient (Wildman–Crippen LogP) is 2.23. The molecule has 0 atom stereocenters. The number of nitrogens with zero attached hydrogens (tertiary/aromatic N) is 2. The van der Waals surface area contributed by atoms with Gasteiger partial charge in [0, 0.05) is 5.39 Å². The minimum atomic E-state index is -0.438. The highest BCUT2D eigenvalue weighted by molar-refractivity contribution is 6.28. The van der Waals surface area contributed by atoms with Crippen molar-refractivity contribution in [2.45, 2.75) is 0 Å². The molecule has 2 aromatic rings. The van der Waals surface area contributed by atoms with Crippen LogP contribution in [0.25, 0.3) is 10.9 Å².